The Hall–Kier alpha value is -1.54. The maximum absolute atomic E-state index is 8.45. The molecule has 2 aromatic rings. The Morgan fingerprint density at radius 2 is 2.50 bits per heavy atom. The van der Waals surface area contributed by atoms with Crippen LogP contribution in [-0.4, -0.2) is 14.6 Å². The number of nitriles is 1. The van der Waals surface area contributed by atoms with Crippen molar-refractivity contribution in [2.45, 2.75) is 4.90 Å². The van der Waals surface area contributed by atoms with Crippen LogP contribution in [0.15, 0.2) is 29.6 Å². The lowest BCUT2D eigenvalue weighted by molar-refractivity contribution is 0.939. The molecule has 2 rings (SSSR count). The van der Waals surface area contributed by atoms with Crippen LogP contribution in [-0.2, 0) is 0 Å². The van der Waals surface area contributed by atoms with E-state index in [0.29, 0.717) is 0 Å². The van der Waals surface area contributed by atoms with E-state index in [0.717, 1.165) is 22.3 Å². The van der Waals surface area contributed by atoms with Gasteiger partial charge in [-0.3, -0.25) is 0 Å². The van der Waals surface area contributed by atoms with E-state index in [9.17, 15) is 0 Å². The normalized spacial score (nSPS) is 9.92. The van der Waals surface area contributed by atoms with Crippen LogP contribution in [0.25, 0.3) is 5.65 Å². The van der Waals surface area contributed by atoms with Gasteiger partial charge in [-0.25, -0.2) is 9.50 Å². The Bertz CT molecular complexity index is 442. The van der Waals surface area contributed by atoms with Crippen LogP contribution in [0.4, 0.5) is 0 Å². The van der Waals surface area contributed by atoms with E-state index in [1.807, 2.05) is 5.40 Å². The summed E-state index contributed by atoms with van der Waals surface area (Å²) in [5.74, 6) is 0. The van der Waals surface area contributed by atoms with Crippen LogP contribution in [0.2, 0.25) is 0 Å². The molecule has 58 valence electrons. The number of fused-ring (bicyclic) bond motifs is 1. The lowest BCUT2D eigenvalue weighted by Gasteiger charge is -1.89. The highest BCUT2D eigenvalue weighted by Crippen LogP contribution is 2.19. The number of hydrogen-bond donors (Lipinski definition) is 0. The molecule has 12 heavy (non-hydrogen) atoms. The maximum atomic E-state index is 8.45. The lowest BCUT2D eigenvalue weighted by Crippen LogP contribution is -1.86. The Morgan fingerprint density at radius 3 is 3.33 bits per heavy atom. The molecule has 0 saturated carbocycles. The van der Waals surface area contributed by atoms with Crippen molar-refractivity contribution >= 4 is 17.4 Å². The molecular formula is C7H4N4S. The van der Waals surface area contributed by atoms with E-state index in [1.54, 1.807) is 29.2 Å². The molecule has 0 aromatic carbocycles. The molecule has 0 bridgehead atoms. The molecule has 0 N–H and O–H groups in total. The molecule has 2 heterocycles. The molecule has 0 radical (unpaired) electrons. The third-order valence-electron chi connectivity index (χ3n) is 1.40. The molecule has 0 saturated heterocycles. The second-order valence-corrected chi connectivity index (χ2v) is 2.92. The SMILES string of the molecule is N#CSc1cnn2cccnc12. The number of nitrogens with zero attached hydrogens (tertiary/aromatic N) is 4. The fourth-order valence-electron chi connectivity index (χ4n) is 0.927. The smallest absolute Gasteiger partial charge is 0.169 e. The van der Waals surface area contributed by atoms with Crippen molar-refractivity contribution in [2.24, 2.45) is 0 Å². The first-order chi connectivity index (χ1) is 5.92. The first-order valence-electron chi connectivity index (χ1n) is 3.26. The van der Waals surface area contributed by atoms with Gasteiger partial charge in [0.15, 0.2) is 5.65 Å². The van der Waals surface area contributed by atoms with Gasteiger partial charge in [0.2, 0.25) is 0 Å². The molecule has 2 aromatic heterocycles. The fourth-order valence-corrected chi connectivity index (χ4v) is 1.36. The lowest BCUT2D eigenvalue weighted by atomic mass is 10.6. The van der Waals surface area contributed by atoms with Gasteiger partial charge in [0.25, 0.3) is 0 Å². The van der Waals surface area contributed by atoms with Crippen molar-refractivity contribution < 1.29 is 0 Å². The van der Waals surface area contributed by atoms with Crippen molar-refractivity contribution in [3.63, 3.8) is 0 Å². The maximum Gasteiger partial charge on any atom is 0.169 e. The second kappa shape index (κ2) is 2.83. The monoisotopic (exact) mass is 176 g/mol. The third-order valence-corrected chi connectivity index (χ3v) is 2.00. The van der Waals surface area contributed by atoms with E-state index in [4.69, 9.17) is 5.26 Å². The van der Waals surface area contributed by atoms with Gasteiger partial charge < -0.3 is 0 Å². The van der Waals surface area contributed by atoms with E-state index in [1.165, 1.54) is 0 Å². The predicted octanol–water partition coefficient (Wildman–Crippen LogP) is 1.30. The molecule has 0 aliphatic carbocycles. The van der Waals surface area contributed by atoms with Gasteiger partial charge in [0.1, 0.15) is 5.40 Å². The molecule has 4 nitrogen and oxygen atoms in total. The zero-order chi connectivity index (χ0) is 8.39. The average Bonchev–Trinajstić information content (AvgIpc) is 2.50. The van der Waals surface area contributed by atoms with Crippen LogP contribution in [0.3, 0.4) is 0 Å². The first kappa shape index (κ1) is 7.13. The molecule has 0 aliphatic heterocycles. The van der Waals surface area contributed by atoms with Gasteiger partial charge in [-0.2, -0.15) is 10.4 Å². The van der Waals surface area contributed by atoms with Crippen molar-refractivity contribution in [1.29, 1.82) is 5.26 Å². The number of thiocyanates is 1. The van der Waals surface area contributed by atoms with Gasteiger partial charge in [0, 0.05) is 12.4 Å². The molecular weight excluding hydrogens is 172 g/mol. The highest BCUT2D eigenvalue weighted by molar-refractivity contribution is 8.03. The summed E-state index contributed by atoms with van der Waals surface area (Å²) in [6, 6.07) is 1.79. The van der Waals surface area contributed by atoms with E-state index < -0.39 is 0 Å². The van der Waals surface area contributed by atoms with Crippen LogP contribution < -0.4 is 0 Å². The molecule has 5 heteroatoms. The quantitative estimate of drug-likeness (QED) is 0.485. The number of thioether (sulfide) groups is 1. The van der Waals surface area contributed by atoms with Crippen LogP contribution in [0.5, 0.6) is 0 Å². The summed E-state index contributed by atoms with van der Waals surface area (Å²) in [7, 11) is 0. The number of rotatable bonds is 1. The van der Waals surface area contributed by atoms with Crippen molar-refractivity contribution in [3.8, 4) is 5.40 Å². The number of aromatic nitrogens is 3. The molecule has 0 unspecified atom stereocenters. The molecule has 0 fully saturated rings. The second-order valence-electron chi connectivity index (χ2n) is 2.09. The van der Waals surface area contributed by atoms with Gasteiger partial charge in [-0.1, -0.05) is 0 Å². The van der Waals surface area contributed by atoms with E-state index in [2.05, 4.69) is 10.1 Å². The Morgan fingerprint density at radius 1 is 1.58 bits per heavy atom. The van der Waals surface area contributed by atoms with E-state index >= 15 is 0 Å². The zero-order valence-electron chi connectivity index (χ0n) is 6.01. The number of hydrogen-bond acceptors (Lipinski definition) is 4. The molecule has 0 spiro atoms. The predicted molar refractivity (Wildman–Crippen MR) is 44.5 cm³/mol. The van der Waals surface area contributed by atoms with Crippen LogP contribution in [0.1, 0.15) is 0 Å². The van der Waals surface area contributed by atoms with Gasteiger partial charge >= 0.3 is 0 Å². The van der Waals surface area contributed by atoms with Crippen molar-refractivity contribution in [1.82, 2.24) is 14.6 Å². The summed E-state index contributed by atoms with van der Waals surface area (Å²) < 4.78 is 1.64. The molecule has 0 amide bonds. The molecule has 0 atom stereocenters. The fraction of sp³-hybridized carbons (Fsp3) is 0. The van der Waals surface area contributed by atoms with Gasteiger partial charge in [0.05, 0.1) is 11.1 Å². The minimum absolute atomic E-state index is 0.726. The largest absolute Gasteiger partial charge is 0.236 e. The average molecular weight is 176 g/mol. The van der Waals surface area contributed by atoms with Crippen molar-refractivity contribution in [2.75, 3.05) is 0 Å². The topological polar surface area (TPSA) is 54.0 Å². The van der Waals surface area contributed by atoms with Crippen LogP contribution in [0, 0.1) is 10.7 Å². The Labute approximate surface area is 72.8 Å². The van der Waals surface area contributed by atoms with Crippen molar-refractivity contribution in [3.05, 3.63) is 24.7 Å². The Balaban J connectivity index is 2.64. The van der Waals surface area contributed by atoms with Gasteiger partial charge in [-0.15, -0.1) is 0 Å². The Kier molecular flexibility index (Phi) is 1.68. The highest BCUT2D eigenvalue weighted by Gasteiger charge is 2.03. The minimum Gasteiger partial charge on any atom is -0.236 e. The van der Waals surface area contributed by atoms with Crippen LogP contribution >= 0.6 is 11.8 Å². The summed E-state index contributed by atoms with van der Waals surface area (Å²) >= 11 is 1.07. The highest BCUT2D eigenvalue weighted by atomic mass is 32.2. The third kappa shape index (κ3) is 1.02. The molecule has 0 aliphatic rings. The summed E-state index contributed by atoms with van der Waals surface area (Å²) in [5, 5.41) is 14.5. The van der Waals surface area contributed by atoms with Gasteiger partial charge in [-0.05, 0) is 17.8 Å². The summed E-state index contributed by atoms with van der Waals surface area (Å²) in [5.41, 5.74) is 0.726. The first-order valence-corrected chi connectivity index (χ1v) is 4.08. The summed E-state index contributed by atoms with van der Waals surface area (Å²) in [6.45, 7) is 0. The summed E-state index contributed by atoms with van der Waals surface area (Å²) in [4.78, 5) is 4.88. The summed E-state index contributed by atoms with van der Waals surface area (Å²) in [6.07, 6.45) is 5.11. The van der Waals surface area contributed by atoms with E-state index in [-0.39, 0.29) is 0 Å². The minimum atomic E-state index is 0.726. The standard InChI is InChI=1S/C7H4N4S/c8-5-12-6-4-10-11-3-1-2-9-7(6)11/h1-4H. The zero-order valence-corrected chi connectivity index (χ0v) is 6.82.